The zero-order valence-corrected chi connectivity index (χ0v) is 11.5. The first-order valence-electron chi connectivity index (χ1n) is 6.36. The standard InChI is InChI=1S/C14H23N3O/c1-4-12-5-7-13(8-6-12)16-14(18)11-15-9-10-17(2)3/h5-8,15H,4,9-11H2,1-3H3,(H,16,18). The van der Waals surface area contributed by atoms with Gasteiger partial charge in [0.2, 0.25) is 5.91 Å². The van der Waals surface area contributed by atoms with E-state index in [-0.39, 0.29) is 5.91 Å². The molecule has 1 aromatic carbocycles. The minimum absolute atomic E-state index is 0.00185. The number of carbonyl (C=O) groups excluding carboxylic acids is 1. The Morgan fingerprint density at radius 3 is 2.44 bits per heavy atom. The average molecular weight is 249 g/mol. The third-order valence-corrected chi connectivity index (χ3v) is 2.67. The van der Waals surface area contributed by atoms with E-state index < -0.39 is 0 Å². The molecule has 0 fully saturated rings. The molecule has 18 heavy (non-hydrogen) atoms. The molecular weight excluding hydrogens is 226 g/mol. The highest BCUT2D eigenvalue weighted by molar-refractivity contribution is 5.92. The molecule has 100 valence electrons. The number of carbonyl (C=O) groups is 1. The molecule has 0 aromatic heterocycles. The Morgan fingerprint density at radius 2 is 1.89 bits per heavy atom. The van der Waals surface area contributed by atoms with Crippen LogP contribution in [0.4, 0.5) is 5.69 Å². The topological polar surface area (TPSA) is 44.4 Å². The van der Waals surface area contributed by atoms with Gasteiger partial charge in [-0.1, -0.05) is 19.1 Å². The molecule has 0 saturated heterocycles. The van der Waals surface area contributed by atoms with Crippen molar-refractivity contribution in [2.45, 2.75) is 13.3 Å². The Hall–Kier alpha value is -1.39. The summed E-state index contributed by atoms with van der Waals surface area (Å²) in [7, 11) is 4.02. The van der Waals surface area contributed by atoms with E-state index in [4.69, 9.17) is 0 Å². The quantitative estimate of drug-likeness (QED) is 0.717. The second-order valence-electron chi connectivity index (χ2n) is 4.58. The zero-order chi connectivity index (χ0) is 13.4. The molecule has 0 saturated carbocycles. The van der Waals surface area contributed by atoms with Crippen molar-refractivity contribution in [2.75, 3.05) is 39.0 Å². The van der Waals surface area contributed by atoms with Gasteiger partial charge in [-0.25, -0.2) is 0 Å². The van der Waals surface area contributed by atoms with Gasteiger partial charge < -0.3 is 15.5 Å². The van der Waals surface area contributed by atoms with Crippen molar-refractivity contribution in [3.63, 3.8) is 0 Å². The summed E-state index contributed by atoms with van der Waals surface area (Å²) < 4.78 is 0. The molecule has 0 atom stereocenters. The van der Waals surface area contributed by atoms with Crippen LogP contribution in [0.5, 0.6) is 0 Å². The third kappa shape index (κ3) is 5.80. The first-order valence-corrected chi connectivity index (χ1v) is 6.36. The van der Waals surface area contributed by atoms with Crippen LogP contribution in [0.25, 0.3) is 0 Å². The molecule has 2 N–H and O–H groups in total. The van der Waals surface area contributed by atoms with Crippen LogP contribution in [-0.4, -0.2) is 44.5 Å². The lowest BCUT2D eigenvalue weighted by atomic mass is 10.1. The molecule has 0 aliphatic carbocycles. The SMILES string of the molecule is CCc1ccc(NC(=O)CNCCN(C)C)cc1. The first-order chi connectivity index (χ1) is 8.61. The van der Waals surface area contributed by atoms with Gasteiger partial charge in [-0.15, -0.1) is 0 Å². The van der Waals surface area contributed by atoms with Gasteiger partial charge in [0.05, 0.1) is 6.54 Å². The predicted octanol–water partition coefficient (Wildman–Crippen LogP) is 1.34. The summed E-state index contributed by atoms with van der Waals surface area (Å²) >= 11 is 0. The number of aryl methyl sites for hydroxylation is 1. The molecule has 4 heteroatoms. The van der Waals surface area contributed by atoms with E-state index in [2.05, 4.69) is 22.5 Å². The Bertz CT molecular complexity index is 360. The van der Waals surface area contributed by atoms with E-state index >= 15 is 0 Å². The molecular formula is C14H23N3O. The van der Waals surface area contributed by atoms with Crippen LogP contribution in [0.3, 0.4) is 0 Å². The Morgan fingerprint density at radius 1 is 1.22 bits per heavy atom. The third-order valence-electron chi connectivity index (χ3n) is 2.67. The van der Waals surface area contributed by atoms with E-state index in [0.717, 1.165) is 25.2 Å². The fourth-order valence-electron chi connectivity index (χ4n) is 1.53. The van der Waals surface area contributed by atoms with Crippen LogP contribution < -0.4 is 10.6 Å². The van der Waals surface area contributed by atoms with Gasteiger partial charge in [-0.3, -0.25) is 4.79 Å². The highest BCUT2D eigenvalue weighted by Crippen LogP contribution is 2.09. The second-order valence-corrected chi connectivity index (χ2v) is 4.58. The molecule has 0 spiro atoms. The van der Waals surface area contributed by atoms with Gasteiger partial charge in [0.1, 0.15) is 0 Å². The summed E-state index contributed by atoms with van der Waals surface area (Å²) in [4.78, 5) is 13.7. The van der Waals surface area contributed by atoms with Crippen LogP contribution in [0.15, 0.2) is 24.3 Å². The van der Waals surface area contributed by atoms with Crippen LogP contribution in [-0.2, 0) is 11.2 Å². The van der Waals surface area contributed by atoms with Crippen molar-refractivity contribution in [1.29, 1.82) is 0 Å². The van der Waals surface area contributed by atoms with Crippen molar-refractivity contribution < 1.29 is 4.79 Å². The maximum absolute atomic E-state index is 11.6. The summed E-state index contributed by atoms with van der Waals surface area (Å²) in [5, 5.41) is 5.97. The van der Waals surface area contributed by atoms with Crippen LogP contribution in [0, 0.1) is 0 Å². The summed E-state index contributed by atoms with van der Waals surface area (Å²) in [5.41, 5.74) is 2.13. The monoisotopic (exact) mass is 249 g/mol. The van der Waals surface area contributed by atoms with Crippen molar-refractivity contribution in [3.8, 4) is 0 Å². The van der Waals surface area contributed by atoms with Crippen molar-refractivity contribution in [2.24, 2.45) is 0 Å². The number of anilines is 1. The minimum Gasteiger partial charge on any atom is -0.325 e. The molecule has 0 bridgehead atoms. The average Bonchev–Trinajstić information content (AvgIpc) is 2.35. The van der Waals surface area contributed by atoms with Crippen molar-refractivity contribution in [1.82, 2.24) is 10.2 Å². The van der Waals surface area contributed by atoms with Crippen LogP contribution in [0.2, 0.25) is 0 Å². The lowest BCUT2D eigenvalue weighted by molar-refractivity contribution is -0.115. The number of rotatable bonds is 7. The Kier molecular flexibility index (Phi) is 6.39. The minimum atomic E-state index is -0.00185. The van der Waals surface area contributed by atoms with Gasteiger partial charge in [0.15, 0.2) is 0 Å². The molecule has 1 amide bonds. The summed E-state index contributed by atoms with van der Waals surface area (Å²) in [6.45, 7) is 4.21. The summed E-state index contributed by atoms with van der Waals surface area (Å²) in [5.74, 6) is -0.00185. The number of benzene rings is 1. The first kappa shape index (κ1) is 14.7. The van der Waals surface area contributed by atoms with Gasteiger partial charge >= 0.3 is 0 Å². The van der Waals surface area contributed by atoms with E-state index in [0.29, 0.717) is 6.54 Å². The van der Waals surface area contributed by atoms with Gasteiger partial charge in [0.25, 0.3) is 0 Å². The maximum Gasteiger partial charge on any atom is 0.238 e. The highest BCUT2D eigenvalue weighted by Gasteiger charge is 2.01. The van der Waals surface area contributed by atoms with Gasteiger partial charge in [0, 0.05) is 18.8 Å². The number of nitrogens with zero attached hydrogens (tertiary/aromatic N) is 1. The summed E-state index contributed by atoms with van der Waals surface area (Å²) in [6, 6.07) is 7.96. The van der Waals surface area contributed by atoms with E-state index in [1.165, 1.54) is 5.56 Å². The second kappa shape index (κ2) is 7.84. The lowest BCUT2D eigenvalue weighted by Gasteiger charge is -2.10. The lowest BCUT2D eigenvalue weighted by Crippen LogP contribution is -2.33. The van der Waals surface area contributed by atoms with E-state index in [1.54, 1.807) is 0 Å². The van der Waals surface area contributed by atoms with E-state index in [1.807, 2.05) is 38.4 Å². The van der Waals surface area contributed by atoms with Crippen molar-refractivity contribution in [3.05, 3.63) is 29.8 Å². The Balaban J connectivity index is 2.26. The number of hydrogen-bond donors (Lipinski definition) is 2. The van der Waals surface area contributed by atoms with Gasteiger partial charge in [-0.05, 0) is 38.2 Å². The van der Waals surface area contributed by atoms with E-state index in [9.17, 15) is 4.79 Å². The molecule has 0 heterocycles. The number of amides is 1. The Labute approximate surface area is 109 Å². The number of hydrogen-bond acceptors (Lipinski definition) is 3. The smallest absolute Gasteiger partial charge is 0.238 e. The molecule has 1 rings (SSSR count). The zero-order valence-electron chi connectivity index (χ0n) is 11.5. The predicted molar refractivity (Wildman–Crippen MR) is 75.9 cm³/mol. The molecule has 1 aromatic rings. The van der Waals surface area contributed by atoms with Crippen LogP contribution in [0.1, 0.15) is 12.5 Å². The normalized spacial score (nSPS) is 10.7. The largest absolute Gasteiger partial charge is 0.325 e. The molecule has 0 unspecified atom stereocenters. The fraction of sp³-hybridized carbons (Fsp3) is 0.500. The molecule has 0 radical (unpaired) electrons. The molecule has 4 nitrogen and oxygen atoms in total. The maximum atomic E-state index is 11.6. The highest BCUT2D eigenvalue weighted by atomic mass is 16.1. The number of likely N-dealkylation sites (N-methyl/N-ethyl adjacent to an activating group) is 1. The molecule has 0 aliphatic rings. The van der Waals surface area contributed by atoms with Gasteiger partial charge in [-0.2, -0.15) is 0 Å². The number of nitrogens with one attached hydrogen (secondary N) is 2. The molecule has 0 aliphatic heterocycles. The van der Waals surface area contributed by atoms with Crippen LogP contribution >= 0.6 is 0 Å². The summed E-state index contributed by atoms with van der Waals surface area (Å²) in [6.07, 6.45) is 1.01. The fourth-order valence-corrected chi connectivity index (χ4v) is 1.53. The van der Waals surface area contributed by atoms with Crippen molar-refractivity contribution >= 4 is 11.6 Å².